The summed E-state index contributed by atoms with van der Waals surface area (Å²) in [5, 5.41) is 16.1. The maximum absolute atomic E-state index is 11.9. The highest BCUT2D eigenvalue weighted by atomic mass is 16.4. The van der Waals surface area contributed by atoms with Crippen LogP contribution in [0.15, 0.2) is 6.07 Å². The second kappa shape index (κ2) is 5.42. The number of nitrogens with one attached hydrogen (secondary N) is 1. The molecule has 0 bridgehead atoms. The van der Waals surface area contributed by atoms with E-state index in [0.717, 1.165) is 24.2 Å². The van der Waals surface area contributed by atoms with Gasteiger partial charge in [0.2, 0.25) is 5.91 Å². The summed E-state index contributed by atoms with van der Waals surface area (Å²) in [6, 6.07) is 1.66. The minimum absolute atomic E-state index is 0.141. The van der Waals surface area contributed by atoms with Crippen LogP contribution in [0, 0.1) is 19.8 Å². The summed E-state index contributed by atoms with van der Waals surface area (Å²) in [5.41, 5.74) is 1.79. The lowest BCUT2D eigenvalue weighted by Gasteiger charge is -2.17. The van der Waals surface area contributed by atoms with Crippen LogP contribution in [0.2, 0.25) is 0 Å². The molecule has 6 nitrogen and oxygen atoms in total. The smallest absolute Gasteiger partial charge is 0.308 e. The van der Waals surface area contributed by atoms with Crippen molar-refractivity contribution in [2.45, 2.75) is 45.7 Å². The van der Waals surface area contributed by atoms with Crippen LogP contribution in [0.4, 0.5) is 0 Å². The van der Waals surface area contributed by atoms with Crippen molar-refractivity contribution in [1.82, 2.24) is 15.1 Å². The number of hydrogen-bond donors (Lipinski definition) is 2. The fraction of sp³-hybridized carbons (Fsp3) is 0.615. The largest absolute Gasteiger partial charge is 0.481 e. The van der Waals surface area contributed by atoms with Gasteiger partial charge in [0.05, 0.1) is 11.6 Å². The Balaban J connectivity index is 1.94. The molecule has 1 saturated carbocycles. The summed E-state index contributed by atoms with van der Waals surface area (Å²) in [6.45, 7) is 3.91. The molecular weight excluding hydrogens is 246 g/mol. The van der Waals surface area contributed by atoms with Crippen LogP contribution >= 0.6 is 0 Å². The number of carboxylic acids is 1. The summed E-state index contributed by atoms with van der Waals surface area (Å²) in [6.07, 6.45) is 2.22. The fourth-order valence-electron chi connectivity index (χ4n) is 2.65. The molecule has 0 aliphatic heterocycles. The van der Waals surface area contributed by atoms with E-state index in [2.05, 4.69) is 10.4 Å². The number of hydrogen-bond acceptors (Lipinski definition) is 3. The molecule has 2 rings (SSSR count). The third-order valence-electron chi connectivity index (χ3n) is 3.58. The van der Waals surface area contributed by atoms with E-state index in [1.165, 1.54) is 0 Å². The van der Waals surface area contributed by atoms with E-state index in [4.69, 9.17) is 5.11 Å². The van der Waals surface area contributed by atoms with Gasteiger partial charge in [0.1, 0.15) is 6.54 Å². The molecule has 0 saturated heterocycles. The van der Waals surface area contributed by atoms with Crippen LogP contribution in [0.3, 0.4) is 0 Å². The zero-order valence-electron chi connectivity index (χ0n) is 11.2. The van der Waals surface area contributed by atoms with Crippen molar-refractivity contribution >= 4 is 11.9 Å². The number of amides is 1. The van der Waals surface area contributed by atoms with Crippen molar-refractivity contribution < 1.29 is 14.7 Å². The summed E-state index contributed by atoms with van der Waals surface area (Å²) < 4.78 is 1.63. The topological polar surface area (TPSA) is 84.2 Å². The molecule has 0 aromatic carbocycles. The number of nitrogens with zero attached hydrogens (tertiary/aromatic N) is 2. The van der Waals surface area contributed by atoms with Crippen LogP contribution in [0.25, 0.3) is 0 Å². The molecule has 1 heterocycles. The lowest BCUT2D eigenvalue weighted by molar-refractivity contribution is -0.142. The molecule has 1 amide bonds. The van der Waals surface area contributed by atoms with Crippen LogP contribution in [0.1, 0.15) is 30.7 Å². The molecule has 0 spiro atoms. The summed E-state index contributed by atoms with van der Waals surface area (Å²) in [5.74, 6) is -1.46. The molecule has 0 radical (unpaired) electrons. The quantitative estimate of drug-likeness (QED) is 0.846. The normalized spacial score (nSPS) is 22.4. The number of aliphatic carboxylic acids is 1. The zero-order chi connectivity index (χ0) is 14.0. The van der Waals surface area contributed by atoms with E-state index >= 15 is 0 Å². The molecule has 2 atom stereocenters. The Morgan fingerprint density at radius 1 is 1.47 bits per heavy atom. The number of aryl methyl sites for hydroxylation is 2. The second-order valence-corrected chi connectivity index (χ2v) is 5.13. The van der Waals surface area contributed by atoms with Gasteiger partial charge in [-0.15, -0.1) is 0 Å². The van der Waals surface area contributed by atoms with E-state index in [1.807, 2.05) is 19.9 Å². The lowest BCUT2D eigenvalue weighted by atomic mass is 10.0. The molecule has 6 heteroatoms. The van der Waals surface area contributed by atoms with Crippen LogP contribution < -0.4 is 5.32 Å². The first-order valence-electron chi connectivity index (χ1n) is 6.50. The van der Waals surface area contributed by atoms with E-state index in [1.54, 1.807) is 4.68 Å². The van der Waals surface area contributed by atoms with Crippen molar-refractivity contribution in [2.75, 3.05) is 0 Å². The Morgan fingerprint density at radius 2 is 2.21 bits per heavy atom. The molecule has 2 unspecified atom stereocenters. The number of aromatic nitrogens is 2. The van der Waals surface area contributed by atoms with Gasteiger partial charge in [0, 0.05) is 11.7 Å². The molecule has 1 fully saturated rings. The van der Waals surface area contributed by atoms with Gasteiger partial charge in [0.15, 0.2) is 0 Å². The van der Waals surface area contributed by atoms with Gasteiger partial charge in [-0.05, 0) is 32.8 Å². The standard InChI is InChI=1S/C13H19N3O3/c1-8-6-9(2)16(15-8)7-12(17)14-11-5-3-4-10(11)13(18)19/h6,10-11H,3-5,7H2,1-2H3,(H,14,17)(H,18,19). The second-order valence-electron chi connectivity index (χ2n) is 5.13. The van der Waals surface area contributed by atoms with Crippen LogP contribution in [0.5, 0.6) is 0 Å². The van der Waals surface area contributed by atoms with Crippen molar-refractivity contribution in [3.63, 3.8) is 0 Å². The average molecular weight is 265 g/mol. The molecule has 1 aliphatic rings. The highest BCUT2D eigenvalue weighted by Gasteiger charge is 2.33. The van der Waals surface area contributed by atoms with E-state index in [-0.39, 0.29) is 18.5 Å². The monoisotopic (exact) mass is 265 g/mol. The average Bonchev–Trinajstić information content (AvgIpc) is 2.86. The van der Waals surface area contributed by atoms with Gasteiger partial charge in [0.25, 0.3) is 0 Å². The molecule has 1 aliphatic carbocycles. The van der Waals surface area contributed by atoms with Crippen molar-refractivity contribution in [1.29, 1.82) is 0 Å². The zero-order valence-corrected chi connectivity index (χ0v) is 11.2. The third-order valence-corrected chi connectivity index (χ3v) is 3.58. The molecule has 19 heavy (non-hydrogen) atoms. The summed E-state index contributed by atoms with van der Waals surface area (Å²) in [7, 11) is 0. The Morgan fingerprint density at radius 3 is 2.79 bits per heavy atom. The Hall–Kier alpha value is -1.85. The predicted octanol–water partition coefficient (Wildman–Crippen LogP) is 0.869. The highest BCUT2D eigenvalue weighted by molar-refractivity contribution is 5.78. The van der Waals surface area contributed by atoms with E-state index in [0.29, 0.717) is 6.42 Å². The van der Waals surface area contributed by atoms with Gasteiger partial charge < -0.3 is 10.4 Å². The molecule has 104 valence electrons. The van der Waals surface area contributed by atoms with Crippen LogP contribution in [-0.2, 0) is 16.1 Å². The van der Waals surface area contributed by atoms with E-state index in [9.17, 15) is 9.59 Å². The summed E-state index contributed by atoms with van der Waals surface area (Å²) in [4.78, 5) is 23.0. The predicted molar refractivity (Wildman–Crippen MR) is 68.6 cm³/mol. The molecule has 2 N–H and O–H groups in total. The highest BCUT2D eigenvalue weighted by Crippen LogP contribution is 2.25. The van der Waals surface area contributed by atoms with Gasteiger partial charge in [-0.1, -0.05) is 6.42 Å². The van der Waals surface area contributed by atoms with Gasteiger partial charge in [-0.25, -0.2) is 0 Å². The van der Waals surface area contributed by atoms with Crippen molar-refractivity contribution in [2.24, 2.45) is 5.92 Å². The Bertz CT molecular complexity index is 495. The first-order chi connectivity index (χ1) is 8.97. The summed E-state index contributed by atoms with van der Waals surface area (Å²) >= 11 is 0. The Labute approximate surface area is 111 Å². The SMILES string of the molecule is Cc1cc(C)n(CC(=O)NC2CCCC2C(=O)O)n1. The lowest BCUT2D eigenvalue weighted by Crippen LogP contribution is -2.41. The number of carboxylic acid groups (broad SMARTS) is 1. The minimum atomic E-state index is -0.825. The maximum atomic E-state index is 11.9. The first-order valence-corrected chi connectivity index (χ1v) is 6.50. The molecular formula is C13H19N3O3. The molecule has 1 aromatic rings. The minimum Gasteiger partial charge on any atom is -0.481 e. The number of carbonyl (C=O) groups is 2. The van der Waals surface area contributed by atoms with Gasteiger partial charge in [-0.3, -0.25) is 14.3 Å². The fourth-order valence-corrected chi connectivity index (χ4v) is 2.65. The molecule has 1 aromatic heterocycles. The van der Waals surface area contributed by atoms with Gasteiger partial charge in [-0.2, -0.15) is 5.10 Å². The number of carbonyl (C=O) groups excluding carboxylic acids is 1. The third kappa shape index (κ3) is 3.13. The Kier molecular flexibility index (Phi) is 3.87. The first kappa shape index (κ1) is 13.6. The van der Waals surface area contributed by atoms with Crippen molar-refractivity contribution in [3.05, 3.63) is 17.5 Å². The van der Waals surface area contributed by atoms with E-state index < -0.39 is 11.9 Å². The van der Waals surface area contributed by atoms with Gasteiger partial charge >= 0.3 is 5.97 Å². The maximum Gasteiger partial charge on any atom is 0.308 e. The van der Waals surface area contributed by atoms with Crippen LogP contribution in [-0.4, -0.2) is 32.8 Å². The van der Waals surface area contributed by atoms with Crippen molar-refractivity contribution in [3.8, 4) is 0 Å². The number of rotatable bonds is 4.